The Morgan fingerprint density at radius 3 is 2.95 bits per heavy atom. The number of rotatable bonds is 4. The fraction of sp³-hybridized carbons (Fsp3) is 0.769. The lowest BCUT2D eigenvalue weighted by Gasteiger charge is -2.34. The lowest BCUT2D eigenvalue weighted by Crippen LogP contribution is -2.41. The molecule has 1 atom stereocenters. The maximum Gasteiger partial charge on any atom is 0.307 e. The van der Waals surface area contributed by atoms with Crippen LogP contribution in [0.2, 0.25) is 0 Å². The third-order valence-corrected chi connectivity index (χ3v) is 4.22. The van der Waals surface area contributed by atoms with Crippen molar-refractivity contribution >= 4 is 22.6 Å². The number of carbonyl (C=O) groups is 1. The fourth-order valence-corrected chi connectivity index (χ4v) is 3.22. The summed E-state index contributed by atoms with van der Waals surface area (Å²) in [5.41, 5.74) is 0. The van der Waals surface area contributed by atoms with Gasteiger partial charge in [-0.2, -0.15) is 4.37 Å². The Morgan fingerprint density at radius 1 is 1.53 bits per heavy atom. The van der Waals surface area contributed by atoms with Gasteiger partial charge in [-0.1, -0.05) is 13.8 Å². The summed E-state index contributed by atoms with van der Waals surface area (Å²) < 4.78 is 9.18. The highest BCUT2D eigenvalue weighted by Gasteiger charge is 2.27. The van der Waals surface area contributed by atoms with Crippen LogP contribution in [0.25, 0.3) is 0 Å². The van der Waals surface area contributed by atoms with Gasteiger partial charge in [-0.05, 0) is 19.3 Å². The predicted octanol–water partition coefficient (Wildman–Crippen LogP) is 2.58. The Morgan fingerprint density at radius 2 is 2.32 bits per heavy atom. The third-order valence-electron chi connectivity index (χ3n) is 3.45. The molecule has 0 radical (unpaired) electrons. The van der Waals surface area contributed by atoms with Crippen molar-refractivity contribution in [3.05, 3.63) is 5.82 Å². The molecule has 1 unspecified atom stereocenters. The first-order valence-electron chi connectivity index (χ1n) is 6.79. The Labute approximate surface area is 118 Å². The van der Waals surface area contributed by atoms with Crippen molar-refractivity contribution in [2.45, 2.75) is 51.5 Å². The number of ether oxygens (including phenoxy) is 1. The molecule has 1 aliphatic rings. The Kier molecular flexibility index (Phi) is 4.74. The average molecular weight is 283 g/mol. The first kappa shape index (κ1) is 14.2. The molecule has 19 heavy (non-hydrogen) atoms. The fourth-order valence-electron chi connectivity index (χ4n) is 2.32. The maximum atomic E-state index is 11.5. The third kappa shape index (κ3) is 3.43. The van der Waals surface area contributed by atoms with Gasteiger partial charge in [0, 0.05) is 30.0 Å². The summed E-state index contributed by atoms with van der Waals surface area (Å²) in [5.74, 6) is 1.08. The van der Waals surface area contributed by atoms with Gasteiger partial charge in [-0.25, -0.2) is 4.98 Å². The number of methoxy groups -OCH3 is 1. The van der Waals surface area contributed by atoms with Gasteiger partial charge in [-0.15, -0.1) is 0 Å². The first-order valence-corrected chi connectivity index (χ1v) is 7.56. The van der Waals surface area contributed by atoms with Crippen molar-refractivity contribution in [3.63, 3.8) is 0 Å². The van der Waals surface area contributed by atoms with Crippen LogP contribution in [0.5, 0.6) is 0 Å². The van der Waals surface area contributed by atoms with E-state index in [0.717, 1.165) is 36.8 Å². The number of carbonyl (C=O) groups excluding carboxylic acids is 1. The van der Waals surface area contributed by atoms with E-state index in [4.69, 9.17) is 4.74 Å². The molecule has 0 spiro atoms. The number of nitrogens with zero attached hydrogens (tertiary/aromatic N) is 3. The zero-order valence-corrected chi connectivity index (χ0v) is 12.6. The van der Waals surface area contributed by atoms with Crippen LogP contribution in [-0.4, -0.2) is 35.0 Å². The zero-order chi connectivity index (χ0) is 13.8. The molecule has 1 aromatic rings. The monoisotopic (exact) mass is 283 g/mol. The van der Waals surface area contributed by atoms with Crippen LogP contribution in [-0.2, 0) is 9.53 Å². The van der Waals surface area contributed by atoms with E-state index in [-0.39, 0.29) is 12.0 Å². The lowest BCUT2D eigenvalue weighted by molar-refractivity contribution is -0.141. The van der Waals surface area contributed by atoms with E-state index < -0.39 is 0 Å². The molecule has 0 saturated carbocycles. The average Bonchev–Trinajstić information content (AvgIpc) is 2.89. The molecule has 106 valence electrons. The standard InChI is InChI=1S/C13H21N3O2S/c1-9(2)12-14-13(19-15-12)16-7-5-4-6-10(16)8-11(17)18-3/h9-10H,4-8H2,1-3H3. The van der Waals surface area contributed by atoms with Crippen molar-refractivity contribution in [2.75, 3.05) is 18.6 Å². The molecule has 1 saturated heterocycles. The summed E-state index contributed by atoms with van der Waals surface area (Å²) in [4.78, 5) is 18.3. The number of aromatic nitrogens is 2. The van der Waals surface area contributed by atoms with Gasteiger partial charge in [-0.3, -0.25) is 4.79 Å². The number of piperidine rings is 1. The van der Waals surface area contributed by atoms with Gasteiger partial charge in [0.25, 0.3) is 0 Å². The highest BCUT2D eigenvalue weighted by molar-refractivity contribution is 7.09. The van der Waals surface area contributed by atoms with E-state index in [1.807, 2.05) is 0 Å². The van der Waals surface area contributed by atoms with E-state index in [9.17, 15) is 4.79 Å². The van der Waals surface area contributed by atoms with E-state index in [1.165, 1.54) is 18.6 Å². The van der Waals surface area contributed by atoms with Gasteiger partial charge < -0.3 is 9.64 Å². The molecular formula is C13H21N3O2S. The second-order valence-corrected chi connectivity index (χ2v) is 5.94. The number of esters is 1. The molecular weight excluding hydrogens is 262 g/mol. The van der Waals surface area contributed by atoms with Gasteiger partial charge in [0.1, 0.15) is 5.82 Å². The quantitative estimate of drug-likeness (QED) is 0.795. The summed E-state index contributed by atoms with van der Waals surface area (Å²) in [7, 11) is 1.44. The SMILES string of the molecule is COC(=O)CC1CCCCN1c1nc(C(C)C)ns1. The van der Waals surface area contributed by atoms with Gasteiger partial charge in [0.05, 0.1) is 13.5 Å². The van der Waals surface area contributed by atoms with Crippen LogP contribution in [0.3, 0.4) is 0 Å². The molecule has 0 bridgehead atoms. The lowest BCUT2D eigenvalue weighted by atomic mass is 10.00. The van der Waals surface area contributed by atoms with Crippen LogP contribution < -0.4 is 4.90 Å². The summed E-state index contributed by atoms with van der Waals surface area (Å²) in [5, 5.41) is 0.942. The van der Waals surface area contributed by atoms with E-state index >= 15 is 0 Å². The first-order chi connectivity index (χ1) is 9.11. The Bertz CT molecular complexity index is 433. The van der Waals surface area contributed by atoms with Crippen molar-refractivity contribution < 1.29 is 9.53 Å². The molecule has 0 N–H and O–H groups in total. The molecule has 1 aliphatic heterocycles. The molecule has 0 amide bonds. The Balaban J connectivity index is 2.11. The smallest absolute Gasteiger partial charge is 0.307 e. The Hall–Kier alpha value is -1.17. The molecule has 1 aromatic heterocycles. The molecule has 0 aliphatic carbocycles. The second kappa shape index (κ2) is 6.32. The topological polar surface area (TPSA) is 55.3 Å². The van der Waals surface area contributed by atoms with Crippen LogP contribution in [0.4, 0.5) is 5.13 Å². The molecule has 0 aromatic carbocycles. The minimum absolute atomic E-state index is 0.148. The van der Waals surface area contributed by atoms with Crippen LogP contribution in [0, 0.1) is 0 Å². The summed E-state index contributed by atoms with van der Waals surface area (Å²) in [6, 6.07) is 0.203. The largest absolute Gasteiger partial charge is 0.469 e. The molecule has 1 fully saturated rings. The van der Waals surface area contributed by atoms with Gasteiger partial charge in [0.15, 0.2) is 0 Å². The minimum atomic E-state index is -0.148. The molecule has 2 rings (SSSR count). The van der Waals surface area contributed by atoms with Crippen LogP contribution in [0.1, 0.15) is 51.3 Å². The van der Waals surface area contributed by atoms with Crippen LogP contribution in [0.15, 0.2) is 0 Å². The van der Waals surface area contributed by atoms with E-state index in [0.29, 0.717) is 12.3 Å². The molecule has 5 nitrogen and oxygen atoms in total. The van der Waals surface area contributed by atoms with Crippen molar-refractivity contribution in [1.82, 2.24) is 9.36 Å². The highest BCUT2D eigenvalue weighted by atomic mass is 32.1. The predicted molar refractivity (Wildman–Crippen MR) is 75.6 cm³/mol. The summed E-state index contributed by atoms with van der Waals surface area (Å²) >= 11 is 1.44. The normalized spacial score (nSPS) is 19.8. The number of hydrogen-bond acceptors (Lipinski definition) is 6. The highest BCUT2D eigenvalue weighted by Crippen LogP contribution is 2.29. The van der Waals surface area contributed by atoms with Crippen LogP contribution >= 0.6 is 11.5 Å². The van der Waals surface area contributed by atoms with E-state index in [2.05, 4.69) is 28.1 Å². The molecule has 2 heterocycles. The minimum Gasteiger partial charge on any atom is -0.469 e. The maximum absolute atomic E-state index is 11.5. The second-order valence-electron chi connectivity index (χ2n) is 5.21. The number of anilines is 1. The van der Waals surface area contributed by atoms with Crippen molar-refractivity contribution in [1.29, 1.82) is 0 Å². The summed E-state index contributed by atoms with van der Waals surface area (Å²) in [6.07, 6.45) is 3.76. The molecule has 6 heteroatoms. The van der Waals surface area contributed by atoms with Gasteiger partial charge >= 0.3 is 5.97 Å². The zero-order valence-electron chi connectivity index (χ0n) is 11.8. The van der Waals surface area contributed by atoms with Crippen molar-refractivity contribution in [2.24, 2.45) is 0 Å². The van der Waals surface area contributed by atoms with Crippen molar-refractivity contribution in [3.8, 4) is 0 Å². The summed E-state index contributed by atoms with van der Waals surface area (Å²) in [6.45, 7) is 5.14. The van der Waals surface area contributed by atoms with E-state index in [1.54, 1.807) is 0 Å². The van der Waals surface area contributed by atoms with Gasteiger partial charge in [0.2, 0.25) is 5.13 Å². The number of hydrogen-bond donors (Lipinski definition) is 0.